The molecule has 4 nitrogen and oxygen atoms in total. The fourth-order valence-corrected chi connectivity index (χ4v) is 2.63. The normalized spacial score (nSPS) is 20.0. The highest BCUT2D eigenvalue weighted by Gasteiger charge is 2.18. The quantitative estimate of drug-likeness (QED) is 0.916. The van der Waals surface area contributed by atoms with Crippen LogP contribution >= 0.6 is 0 Å². The Kier molecular flexibility index (Phi) is 3.48. The summed E-state index contributed by atoms with van der Waals surface area (Å²) in [6.45, 7) is 5.28. The molecule has 5 heteroatoms. The number of hydrogen-bond acceptors (Lipinski definition) is 3. The molecule has 1 fully saturated rings. The van der Waals surface area contributed by atoms with E-state index in [0.29, 0.717) is 12.6 Å². The Balaban J connectivity index is 1.93. The van der Waals surface area contributed by atoms with Gasteiger partial charge in [-0.15, -0.1) is 0 Å². The number of ether oxygens (including phenoxy) is 1. The molecular formula is C14H18FN3O. The van der Waals surface area contributed by atoms with Gasteiger partial charge in [-0.05, 0) is 19.1 Å². The average molecular weight is 263 g/mol. The van der Waals surface area contributed by atoms with Gasteiger partial charge in [0.25, 0.3) is 0 Å². The first-order valence-electron chi connectivity index (χ1n) is 6.73. The molecule has 1 N–H and O–H groups in total. The maximum atomic E-state index is 13.3. The average Bonchev–Trinajstić information content (AvgIpc) is 2.76. The number of halogens is 1. The van der Waals surface area contributed by atoms with Gasteiger partial charge in [0.2, 0.25) is 0 Å². The van der Waals surface area contributed by atoms with Crippen molar-refractivity contribution in [3.63, 3.8) is 0 Å². The third kappa shape index (κ3) is 2.48. The van der Waals surface area contributed by atoms with E-state index in [4.69, 9.17) is 4.74 Å². The van der Waals surface area contributed by atoms with Crippen LogP contribution in [0, 0.1) is 5.82 Å². The molecule has 1 aromatic heterocycles. The van der Waals surface area contributed by atoms with Crippen molar-refractivity contribution >= 4 is 11.0 Å². The second-order valence-electron chi connectivity index (χ2n) is 4.84. The van der Waals surface area contributed by atoms with Crippen LogP contribution < -0.4 is 5.32 Å². The fourth-order valence-electron chi connectivity index (χ4n) is 2.63. The predicted molar refractivity (Wildman–Crippen MR) is 71.7 cm³/mol. The lowest BCUT2D eigenvalue weighted by molar-refractivity contribution is 0.0762. The zero-order valence-electron chi connectivity index (χ0n) is 11.0. The second-order valence-corrected chi connectivity index (χ2v) is 4.84. The first-order valence-corrected chi connectivity index (χ1v) is 6.73. The van der Waals surface area contributed by atoms with Crippen molar-refractivity contribution in [1.82, 2.24) is 14.9 Å². The van der Waals surface area contributed by atoms with Gasteiger partial charge in [0.1, 0.15) is 11.6 Å². The van der Waals surface area contributed by atoms with Crippen molar-refractivity contribution in [2.75, 3.05) is 19.8 Å². The number of rotatable bonds is 3. The molecule has 0 spiro atoms. The lowest BCUT2D eigenvalue weighted by Crippen LogP contribution is -2.43. The van der Waals surface area contributed by atoms with Gasteiger partial charge in [-0.3, -0.25) is 0 Å². The van der Waals surface area contributed by atoms with Crippen molar-refractivity contribution in [2.24, 2.45) is 0 Å². The predicted octanol–water partition coefficient (Wildman–Crippen LogP) is 1.73. The highest BCUT2D eigenvalue weighted by Crippen LogP contribution is 2.19. The number of morpholine rings is 1. The maximum absolute atomic E-state index is 13.3. The summed E-state index contributed by atoms with van der Waals surface area (Å²) in [4.78, 5) is 4.57. The lowest BCUT2D eigenvalue weighted by Gasteiger charge is -2.23. The van der Waals surface area contributed by atoms with E-state index in [1.807, 2.05) is 0 Å². The van der Waals surface area contributed by atoms with Gasteiger partial charge in [0, 0.05) is 31.6 Å². The van der Waals surface area contributed by atoms with E-state index in [0.717, 1.165) is 43.0 Å². The topological polar surface area (TPSA) is 39.1 Å². The van der Waals surface area contributed by atoms with Crippen LogP contribution in [0.3, 0.4) is 0 Å². The van der Waals surface area contributed by atoms with Crippen LogP contribution in [-0.4, -0.2) is 35.4 Å². The van der Waals surface area contributed by atoms with Crippen molar-refractivity contribution in [2.45, 2.75) is 25.9 Å². The Morgan fingerprint density at radius 3 is 3.16 bits per heavy atom. The molecule has 1 aliphatic heterocycles. The summed E-state index contributed by atoms with van der Waals surface area (Å²) in [5.41, 5.74) is 1.73. The third-order valence-electron chi connectivity index (χ3n) is 3.53. The van der Waals surface area contributed by atoms with Gasteiger partial charge in [0.05, 0.1) is 24.2 Å². The highest BCUT2D eigenvalue weighted by molar-refractivity contribution is 5.76. The molecule has 2 heterocycles. The summed E-state index contributed by atoms with van der Waals surface area (Å²) in [5.74, 6) is 0.755. The maximum Gasteiger partial charge on any atom is 0.125 e. The van der Waals surface area contributed by atoms with E-state index in [2.05, 4.69) is 21.8 Å². The Morgan fingerprint density at radius 1 is 1.53 bits per heavy atom. The smallest absolute Gasteiger partial charge is 0.125 e. The zero-order valence-corrected chi connectivity index (χ0v) is 11.0. The number of hydrogen-bond donors (Lipinski definition) is 1. The fraction of sp³-hybridized carbons (Fsp3) is 0.500. The van der Waals surface area contributed by atoms with Crippen molar-refractivity contribution in [1.29, 1.82) is 0 Å². The van der Waals surface area contributed by atoms with E-state index in [1.165, 1.54) is 12.1 Å². The number of benzene rings is 1. The van der Waals surface area contributed by atoms with Crippen LogP contribution in [0.1, 0.15) is 12.7 Å². The van der Waals surface area contributed by atoms with Gasteiger partial charge < -0.3 is 14.6 Å². The SMILES string of the molecule is CCn1c(CC2COCCN2)nc2cc(F)ccc21. The van der Waals surface area contributed by atoms with Crippen LogP contribution in [-0.2, 0) is 17.7 Å². The van der Waals surface area contributed by atoms with Crippen LogP contribution in [0.2, 0.25) is 0 Å². The van der Waals surface area contributed by atoms with Crippen molar-refractivity contribution in [3.8, 4) is 0 Å². The van der Waals surface area contributed by atoms with E-state index in [-0.39, 0.29) is 5.82 Å². The summed E-state index contributed by atoms with van der Waals surface area (Å²) in [5, 5.41) is 3.42. The van der Waals surface area contributed by atoms with Crippen LogP contribution in [0.5, 0.6) is 0 Å². The highest BCUT2D eigenvalue weighted by atomic mass is 19.1. The van der Waals surface area contributed by atoms with Crippen molar-refractivity contribution < 1.29 is 9.13 Å². The number of aromatic nitrogens is 2. The number of nitrogens with one attached hydrogen (secondary N) is 1. The first kappa shape index (κ1) is 12.6. The molecule has 1 aromatic carbocycles. The third-order valence-corrected chi connectivity index (χ3v) is 3.53. The van der Waals surface area contributed by atoms with Gasteiger partial charge in [-0.2, -0.15) is 0 Å². The molecule has 102 valence electrons. The van der Waals surface area contributed by atoms with Gasteiger partial charge >= 0.3 is 0 Å². The summed E-state index contributed by atoms with van der Waals surface area (Å²) in [6, 6.07) is 5.08. The monoisotopic (exact) mass is 263 g/mol. The second kappa shape index (κ2) is 5.27. The Morgan fingerprint density at radius 2 is 2.42 bits per heavy atom. The van der Waals surface area contributed by atoms with E-state index >= 15 is 0 Å². The number of imidazole rings is 1. The number of nitrogens with zero attached hydrogens (tertiary/aromatic N) is 2. The summed E-state index contributed by atoms with van der Waals surface area (Å²) < 4.78 is 20.9. The molecule has 0 radical (unpaired) electrons. The lowest BCUT2D eigenvalue weighted by atomic mass is 10.2. The standard InChI is InChI=1S/C14H18FN3O/c1-2-18-13-4-3-10(15)7-12(13)17-14(18)8-11-9-19-6-5-16-11/h3-4,7,11,16H,2,5-6,8-9H2,1H3. The molecule has 1 saturated heterocycles. The van der Waals surface area contributed by atoms with Crippen LogP contribution in [0.25, 0.3) is 11.0 Å². The Hall–Kier alpha value is -1.46. The molecule has 3 rings (SSSR count). The summed E-state index contributed by atoms with van der Waals surface area (Å²) in [7, 11) is 0. The number of aryl methyl sites for hydroxylation is 1. The minimum Gasteiger partial charge on any atom is -0.379 e. The van der Waals surface area contributed by atoms with E-state index in [9.17, 15) is 4.39 Å². The summed E-state index contributed by atoms with van der Waals surface area (Å²) >= 11 is 0. The van der Waals surface area contributed by atoms with E-state index in [1.54, 1.807) is 6.07 Å². The molecule has 0 saturated carbocycles. The van der Waals surface area contributed by atoms with Crippen molar-refractivity contribution in [3.05, 3.63) is 29.8 Å². The zero-order chi connectivity index (χ0) is 13.2. The molecule has 1 unspecified atom stereocenters. The van der Waals surface area contributed by atoms with Crippen LogP contribution in [0.15, 0.2) is 18.2 Å². The molecule has 1 atom stereocenters. The summed E-state index contributed by atoms with van der Waals surface area (Å²) in [6.07, 6.45) is 0.810. The molecule has 0 aliphatic carbocycles. The van der Waals surface area contributed by atoms with Gasteiger partial charge in [0.15, 0.2) is 0 Å². The van der Waals surface area contributed by atoms with Crippen LogP contribution in [0.4, 0.5) is 4.39 Å². The Labute approximate surface area is 111 Å². The molecule has 2 aromatic rings. The number of fused-ring (bicyclic) bond motifs is 1. The van der Waals surface area contributed by atoms with Gasteiger partial charge in [-0.1, -0.05) is 0 Å². The largest absolute Gasteiger partial charge is 0.379 e. The van der Waals surface area contributed by atoms with Gasteiger partial charge in [-0.25, -0.2) is 9.37 Å². The molecular weight excluding hydrogens is 245 g/mol. The minimum atomic E-state index is -0.237. The molecule has 0 amide bonds. The van der Waals surface area contributed by atoms with E-state index < -0.39 is 0 Å². The first-order chi connectivity index (χ1) is 9.28. The molecule has 19 heavy (non-hydrogen) atoms. The Bertz CT molecular complexity index is 575. The molecule has 0 bridgehead atoms. The molecule has 1 aliphatic rings. The minimum absolute atomic E-state index is 0.237.